The highest BCUT2D eigenvalue weighted by atomic mass is 16.6. The molecule has 4 nitrogen and oxygen atoms in total. The van der Waals surface area contributed by atoms with Crippen LogP contribution < -0.4 is 10.6 Å². The lowest BCUT2D eigenvalue weighted by Gasteiger charge is -2.27. The van der Waals surface area contributed by atoms with E-state index in [1.807, 2.05) is 20.8 Å². The third kappa shape index (κ3) is 7.16. The van der Waals surface area contributed by atoms with Crippen LogP contribution in [0, 0.1) is 11.3 Å². The van der Waals surface area contributed by atoms with Crippen molar-refractivity contribution in [1.82, 2.24) is 10.6 Å². The lowest BCUT2D eigenvalue weighted by Crippen LogP contribution is -2.48. The number of carbonyl (C=O) groups excluding carboxylic acids is 1. The summed E-state index contributed by atoms with van der Waals surface area (Å²) in [4.78, 5) is 11.9. The van der Waals surface area contributed by atoms with E-state index < -0.39 is 5.60 Å². The Balaban J connectivity index is 2.42. The lowest BCUT2D eigenvalue weighted by molar-refractivity contribution is 0.0489. The quantitative estimate of drug-likeness (QED) is 0.813. The molecule has 1 aliphatic carbocycles. The van der Waals surface area contributed by atoms with Crippen LogP contribution in [0.4, 0.5) is 4.79 Å². The average Bonchev–Trinajstić information content (AvgIpc) is 2.61. The molecule has 2 atom stereocenters. The van der Waals surface area contributed by atoms with Gasteiger partial charge in [-0.05, 0) is 51.4 Å². The van der Waals surface area contributed by atoms with Gasteiger partial charge in [-0.2, -0.15) is 0 Å². The fraction of sp³-hybridized carbons (Fsp3) is 0.941. The van der Waals surface area contributed by atoms with Gasteiger partial charge in [0.15, 0.2) is 0 Å². The number of alkyl carbamates (subject to hydrolysis) is 1. The zero-order chi connectivity index (χ0) is 16.3. The number of nitrogens with one attached hydrogen (secondary N) is 2. The summed E-state index contributed by atoms with van der Waals surface area (Å²) in [5.74, 6) is 0.374. The Morgan fingerprint density at radius 1 is 1.33 bits per heavy atom. The van der Waals surface area contributed by atoms with E-state index in [9.17, 15) is 4.79 Å². The molecule has 1 amide bonds. The predicted molar refractivity (Wildman–Crippen MR) is 87.4 cm³/mol. The summed E-state index contributed by atoms with van der Waals surface area (Å²) in [6, 6.07) is 0.672. The minimum Gasteiger partial charge on any atom is -0.444 e. The van der Waals surface area contributed by atoms with Gasteiger partial charge < -0.3 is 15.4 Å². The normalized spacial score (nSPS) is 23.1. The molecule has 1 saturated carbocycles. The zero-order valence-electron chi connectivity index (χ0n) is 14.9. The van der Waals surface area contributed by atoms with Crippen molar-refractivity contribution >= 4 is 6.09 Å². The molecule has 2 unspecified atom stereocenters. The van der Waals surface area contributed by atoms with Crippen molar-refractivity contribution in [3.8, 4) is 0 Å². The SMILES string of the molecule is CC(C)C(CNC1CCC(C)(C)C1)NC(=O)OC(C)(C)C. The van der Waals surface area contributed by atoms with E-state index in [4.69, 9.17) is 4.74 Å². The molecule has 1 fully saturated rings. The summed E-state index contributed by atoms with van der Waals surface area (Å²) < 4.78 is 5.35. The van der Waals surface area contributed by atoms with Gasteiger partial charge in [0.1, 0.15) is 5.60 Å². The zero-order valence-corrected chi connectivity index (χ0v) is 14.9. The smallest absolute Gasteiger partial charge is 0.407 e. The summed E-state index contributed by atoms with van der Waals surface area (Å²) >= 11 is 0. The van der Waals surface area contributed by atoms with E-state index >= 15 is 0 Å². The number of amides is 1. The predicted octanol–water partition coefficient (Wildman–Crippen LogP) is 3.70. The van der Waals surface area contributed by atoms with Crippen molar-refractivity contribution in [2.24, 2.45) is 11.3 Å². The number of rotatable bonds is 5. The molecule has 1 rings (SSSR count). The molecular weight excluding hydrogens is 264 g/mol. The second-order valence-electron chi connectivity index (χ2n) is 8.51. The van der Waals surface area contributed by atoms with Crippen LogP contribution in [0.25, 0.3) is 0 Å². The summed E-state index contributed by atoms with van der Waals surface area (Å²) in [7, 11) is 0. The van der Waals surface area contributed by atoms with E-state index in [2.05, 4.69) is 38.3 Å². The Bertz CT molecular complexity index is 345. The van der Waals surface area contributed by atoms with Crippen LogP contribution >= 0.6 is 0 Å². The van der Waals surface area contributed by atoms with Crippen LogP contribution in [0.5, 0.6) is 0 Å². The topological polar surface area (TPSA) is 50.4 Å². The monoisotopic (exact) mass is 298 g/mol. The van der Waals surface area contributed by atoms with Gasteiger partial charge in [0, 0.05) is 18.6 Å². The van der Waals surface area contributed by atoms with Gasteiger partial charge in [0.2, 0.25) is 0 Å². The maximum atomic E-state index is 11.9. The Hall–Kier alpha value is -0.770. The number of ether oxygens (including phenoxy) is 1. The van der Waals surface area contributed by atoms with Crippen molar-refractivity contribution in [2.75, 3.05) is 6.54 Å². The lowest BCUT2D eigenvalue weighted by atomic mass is 9.92. The van der Waals surface area contributed by atoms with Gasteiger partial charge in [0.25, 0.3) is 0 Å². The highest BCUT2D eigenvalue weighted by Crippen LogP contribution is 2.36. The van der Waals surface area contributed by atoms with E-state index in [1.54, 1.807) is 0 Å². The van der Waals surface area contributed by atoms with Crippen LogP contribution in [-0.2, 0) is 4.74 Å². The Labute approximate surface area is 130 Å². The molecule has 0 aromatic carbocycles. The molecule has 0 radical (unpaired) electrons. The molecule has 0 spiro atoms. The molecule has 0 aromatic heterocycles. The Morgan fingerprint density at radius 3 is 2.38 bits per heavy atom. The largest absolute Gasteiger partial charge is 0.444 e. The van der Waals surface area contributed by atoms with Crippen LogP contribution in [-0.4, -0.2) is 30.3 Å². The number of hydrogen-bond acceptors (Lipinski definition) is 3. The first kappa shape index (κ1) is 18.3. The van der Waals surface area contributed by atoms with Crippen molar-refractivity contribution in [3.63, 3.8) is 0 Å². The highest BCUT2D eigenvalue weighted by Gasteiger charge is 2.31. The minimum absolute atomic E-state index is 0.101. The molecule has 1 aliphatic rings. The summed E-state index contributed by atoms with van der Waals surface area (Å²) in [6.45, 7) is 15.4. The van der Waals surface area contributed by atoms with Gasteiger partial charge in [-0.3, -0.25) is 0 Å². The molecule has 0 aliphatic heterocycles. The van der Waals surface area contributed by atoms with E-state index in [0.29, 0.717) is 17.4 Å². The minimum atomic E-state index is -0.450. The second kappa shape index (κ2) is 6.99. The Morgan fingerprint density at radius 2 is 1.95 bits per heavy atom. The molecule has 21 heavy (non-hydrogen) atoms. The fourth-order valence-electron chi connectivity index (χ4n) is 2.82. The van der Waals surface area contributed by atoms with E-state index in [-0.39, 0.29) is 12.1 Å². The summed E-state index contributed by atoms with van der Waals surface area (Å²) in [6.07, 6.45) is 3.39. The third-order valence-corrected chi connectivity index (χ3v) is 4.10. The number of carbonyl (C=O) groups is 1. The fourth-order valence-corrected chi connectivity index (χ4v) is 2.82. The van der Waals surface area contributed by atoms with Gasteiger partial charge in [0.05, 0.1) is 0 Å². The van der Waals surface area contributed by atoms with Crippen molar-refractivity contribution < 1.29 is 9.53 Å². The standard InChI is InChI=1S/C17H34N2O2/c1-12(2)14(19-15(20)21-16(3,4)5)11-18-13-8-9-17(6,7)10-13/h12-14,18H,8-11H2,1-7H3,(H,19,20). The number of hydrogen-bond donors (Lipinski definition) is 2. The first-order valence-electron chi connectivity index (χ1n) is 8.21. The second-order valence-corrected chi connectivity index (χ2v) is 8.51. The van der Waals surface area contributed by atoms with Crippen LogP contribution in [0.3, 0.4) is 0 Å². The molecule has 0 saturated heterocycles. The van der Waals surface area contributed by atoms with Crippen LogP contribution in [0.1, 0.15) is 67.7 Å². The molecule has 4 heteroatoms. The van der Waals surface area contributed by atoms with E-state index in [0.717, 1.165) is 6.54 Å². The highest BCUT2D eigenvalue weighted by molar-refractivity contribution is 5.68. The molecule has 0 heterocycles. The van der Waals surface area contributed by atoms with Gasteiger partial charge in [-0.15, -0.1) is 0 Å². The third-order valence-electron chi connectivity index (χ3n) is 4.10. The van der Waals surface area contributed by atoms with E-state index in [1.165, 1.54) is 19.3 Å². The maximum Gasteiger partial charge on any atom is 0.407 e. The summed E-state index contributed by atoms with van der Waals surface area (Å²) in [5, 5.41) is 6.61. The first-order valence-corrected chi connectivity index (χ1v) is 8.21. The Kier molecular flexibility index (Phi) is 6.09. The van der Waals surface area contributed by atoms with Crippen LogP contribution in [0.15, 0.2) is 0 Å². The van der Waals surface area contributed by atoms with Crippen molar-refractivity contribution in [2.45, 2.75) is 85.4 Å². The van der Waals surface area contributed by atoms with Crippen molar-refractivity contribution in [1.29, 1.82) is 0 Å². The van der Waals surface area contributed by atoms with Gasteiger partial charge in [-0.25, -0.2) is 4.79 Å². The maximum absolute atomic E-state index is 11.9. The molecule has 2 N–H and O–H groups in total. The van der Waals surface area contributed by atoms with Gasteiger partial charge in [-0.1, -0.05) is 27.7 Å². The van der Waals surface area contributed by atoms with Crippen LogP contribution in [0.2, 0.25) is 0 Å². The molecule has 124 valence electrons. The summed E-state index contributed by atoms with van der Waals surface area (Å²) in [5.41, 5.74) is -0.00188. The van der Waals surface area contributed by atoms with Gasteiger partial charge >= 0.3 is 6.09 Å². The molecule has 0 bridgehead atoms. The first-order chi connectivity index (χ1) is 9.48. The molecular formula is C17H34N2O2. The molecule has 0 aromatic rings. The average molecular weight is 298 g/mol. The van der Waals surface area contributed by atoms with Crippen molar-refractivity contribution in [3.05, 3.63) is 0 Å².